The van der Waals surface area contributed by atoms with Crippen molar-refractivity contribution in [2.45, 2.75) is 0 Å². The summed E-state index contributed by atoms with van der Waals surface area (Å²) in [6.07, 6.45) is 0. The highest BCUT2D eigenvalue weighted by Gasteiger charge is 2.09. The predicted octanol–water partition coefficient (Wildman–Crippen LogP) is 3.29. The van der Waals surface area contributed by atoms with Gasteiger partial charge in [-0.15, -0.1) is 0 Å². The van der Waals surface area contributed by atoms with E-state index in [9.17, 15) is 9.59 Å². The number of rotatable bonds is 10. The van der Waals surface area contributed by atoms with Crippen molar-refractivity contribution in [2.75, 3.05) is 30.4 Å². The Labute approximate surface area is 174 Å². The van der Waals surface area contributed by atoms with Crippen LogP contribution in [-0.4, -0.2) is 31.6 Å². The highest BCUT2D eigenvalue weighted by atomic mass is 16.5. The summed E-state index contributed by atoms with van der Waals surface area (Å²) >= 11 is 0. The lowest BCUT2D eigenvalue weighted by atomic mass is 10.1. The minimum absolute atomic E-state index is 0.0136. The molecule has 0 fully saturated rings. The first-order valence-corrected chi connectivity index (χ1v) is 9.45. The van der Waals surface area contributed by atoms with Crippen molar-refractivity contribution in [2.24, 2.45) is 5.73 Å². The molecule has 7 nitrogen and oxygen atoms in total. The van der Waals surface area contributed by atoms with Crippen molar-refractivity contribution in [3.8, 4) is 11.5 Å². The molecule has 0 aromatic heterocycles. The Kier molecular flexibility index (Phi) is 7.27. The molecule has 0 aliphatic heterocycles. The minimum Gasteiger partial charge on any atom is -0.490 e. The first-order valence-electron chi connectivity index (χ1n) is 9.45. The van der Waals surface area contributed by atoms with Crippen LogP contribution in [0.4, 0.5) is 11.4 Å². The van der Waals surface area contributed by atoms with Crippen molar-refractivity contribution in [3.63, 3.8) is 0 Å². The zero-order valence-electron chi connectivity index (χ0n) is 16.3. The van der Waals surface area contributed by atoms with Gasteiger partial charge in [-0.25, -0.2) is 0 Å². The van der Waals surface area contributed by atoms with Crippen LogP contribution < -0.4 is 25.8 Å². The van der Waals surface area contributed by atoms with Gasteiger partial charge in [0.15, 0.2) is 0 Å². The van der Waals surface area contributed by atoms with E-state index < -0.39 is 5.91 Å². The summed E-state index contributed by atoms with van der Waals surface area (Å²) in [4.78, 5) is 23.7. The Bertz CT molecular complexity index is 993. The first-order chi connectivity index (χ1) is 14.6. The predicted molar refractivity (Wildman–Crippen MR) is 116 cm³/mol. The van der Waals surface area contributed by atoms with E-state index in [1.807, 2.05) is 30.3 Å². The standard InChI is InChI=1S/C23H23N3O4/c24-23(28)20-11-4-5-12-21(20)25-16-22(27)26-17-7-6-10-19(15-17)30-14-13-29-18-8-2-1-3-9-18/h1-12,15,25H,13-14,16H2,(H2,24,28)(H,26,27). The van der Waals surface area contributed by atoms with Crippen molar-refractivity contribution < 1.29 is 19.1 Å². The quantitative estimate of drug-likeness (QED) is 0.449. The molecule has 0 aliphatic rings. The second kappa shape index (κ2) is 10.5. The third kappa shape index (κ3) is 6.27. The average Bonchev–Trinajstić information content (AvgIpc) is 2.76. The van der Waals surface area contributed by atoms with Gasteiger partial charge in [0.1, 0.15) is 24.7 Å². The van der Waals surface area contributed by atoms with E-state index in [1.165, 1.54) is 0 Å². The molecule has 7 heteroatoms. The molecule has 0 radical (unpaired) electrons. The summed E-state index contributed by atoms with van der Waals surface area (Å²) < 4.78 is 11.3. The molecule has 30 heavy (non-hydrogen) atoms. The Morgan fingerprint density at radius 1 is 0.800 bits per heavy atom. The van der Waals surface area contributed by atoms with Crippen molar-refractivity contribution in [1.82, 2.24) is 0 Å². The molecule has 0 saturated heterocycles. The molecular formula is C23H23N3O4. The second-order valence-corrected chi connectivity index (χ2v) is 6.35. The number of anilines is 2. The molecule has 3 aromatic carbocycles. The van der Waals surface area contributed by atoms with E-state index in [4.69, 9.17) is 15.2 Å². The topological polar surface area (TPSA) is 103 Å². The highest BCUT2D eigenvalue weighted by molar-refractivity contribution is 6.00. The van der Waals surface area contributed by atoms with E-state index in [0.29, 0.717) is 35.9 Å². The zero-order valence-corrected chi connectivity index (χ0v) is 16.3. The first kappa shape index (κ1) is 20.7. The molecule has 0 saturated carbocycles. The number of para-hydroxylation sites is 2. The average molecular weight is 405 g/mol. The van der Waals surface area contributed by atoms with E-state index in [0.717, 1.165) is 5.75 Å². The summed E-state index contributed by atoms with van der Waals surface area (Å²) in [6, 6.07) is 23.4. The van der Waals surface area contributed by atoms with Crippen LogP contribution in [0.2, 0.25) is 0 Å². The van der Waals surface area contributed by atoms with Gasteiger partial charge in [0.25, 0.3) is 5.91 Å². The molecule has 0 atom stereocenters. The lowest BCUT2D eigenvalue weighted by molar-refractivity contribution is -0.114. The van der Waals surface area contributed by atoms with Gasteiger partial charge in [-0.05, 0) is 36.4 Å². The largest absolute Gasteiger partial charge is 0.490 e. The number of primary amides is 1. The summed E-state index contributed by atoms with van der Waals surface area (Å²) in [5.74, 6) is 0.586. The molecule has 3 aromatic rings. The fraction of sp³-hybridized carbons (Fsp3) is 0.130. The molecule has 0 aliphatic carbocycles. The molecule has 154 valence electrons. The van der Waals surface area contributed by atoms with Crippen LogP contribution in [0, 0.1) is 0 Å². The Hall–Kier alpha value is -4.00. The Morgan fingerprint density at radius 3 is 2.23 bits per heavy atom. The van der Waals surface area contributed by atoms with Crippen LogP contribution in [-0.2, 0) is 4.79 Å². The summed E-state index contributed by atoms with van der Waals surface area (Å²) in [7, 11) is 0. The normalized spacial score (nSPS) is 10.1. The minimum atomic E-state index is -0.556. The van der Waals surface area contributed by atoms with Gasteiger partial charge in [-0.3, -0.25) is 9.59 Å². The fourth-order valence-electron chi connectivity index (χ4n) is 2.73. The van der Waals surface area contributed by atoms with E-state index in [-0.39, 0.29) is 12.5 Å². The number of carbonyl (C=O) groups excluding carboxylic acids is 2. The van der Waals surface area contributed by atoms with Crippen LogP contribution in [0.25, 0.3) is 0 Å². The molecule has 3 rings (SSSR count). The van der Waals surface area contributed by atoms with Gasteiger partial charge in [-0.1, -0.05) is 36.4 Å². The van der Waals surface area contributed by atoms with Crippen molar-refractivity contribution in [1.29, 1.82) is 0 Å². The summed E-state index contributed by atoms with van der Waals surface area (Å²) in [5, 5.41) is 5.71. The van der Waals surface area contributed by atoms with E-state index in [2.05, 4.69) is 10.6 Å². The highest BCUT2D eigenvalue weighted by Crippen LogP contribution is 2.18. The van der Waals surface area contributed by atoms with Gasteiger partial charge in [0.05, 0.1) is 12.1 Å². The number of amides is 2. The fourth-order valence-corrected chi connectivity index (χ4v) is 2.73. The van der Waals surface area contributed by atoms with E-state index in [1.54, 1.807) is 48.5 Å². The number of ether oxygens (including phenoxy) is 2. The van der Waals surface area contributed by atoms with Gasteiger partial charge < -0.3 is 25.8 Å². The molecule has 0 spiro atoms. The lowest BCUT2D eigenvalue weighted by Gasteiger charge is -2.12. The number of hydrogen-bond acceptors (Lipinski definition) is 5. The Morgan fingerprint density at radius 2 is 1.47 bits per heavy atom. The number of carbonyl (C=O) groups is 2. The van der Waals surface area contributed by atoms with Crippen LogP contribution >= 0.6 is 0 Å². The monoisotopic (exact) mass is 405 g/mol. The summed E-state index contributed by atoms with van der Waals surface area (Å²) in [6.45, 7) is 0.766. The SMILES string of the molecule is NC(=O)c1ccccc1NCC(=O)Nc1cccc(OCCOc2ccccc2)c1. The Balaban J connectivity index is 1.46. The second-order valence-electron chi connectivity index (χ2n) is 6.35. The van der Waals surface area contributed by atoms with Gasteiger partial charge in [0, 0.05) is 17.4 Å². The number of nitrogens with one attached hydrogen (secondary N) is 2. The van der Waals surface area contributed by atoms with Gasteiger partial charge in [0.2, 0.25) is 5.91 Å². The molecule has 4 N–H and O–H groups in total. The van der Waals surface area contributed by atoms with Gasteiger partial charge >= 0.3 is 0 Å². The third-order valence-corrected chi connectivity index (χ3v) is 4.11. The maximum atomic E-state index is 12.2. The molecule has 0 bridgehead atoms. The third-order valence-electron chi connectivity index (χ3n) is 4.11. The maximum Gasteiger partial charge on any atom is 0.250 e. The number of benzene rings is 3. The molecule has 2 amide bonds. The smallest absolute Gasteiger partial charge is 0.250 e. The van der Waals surface area contributed by atoms with Gasteiger partial charge in [-0.2, -0.15) is 0 Å². The molecule has 0 unspecified atom stereocenters. The number of nitrogens with two attached hydrogens (primary N) is 1. The van der Waals surface area contributed by atoms with Crippen molar-refractivity contribution >= 4 is 23.2 Å². The van der Waals surface area contributed by atoms with Crippen LogP contribution in [0.1, 0.15) is 10.4 Å². The molecule has 0 heterocycles. The van der Waals surface area contributed by atoms with E-state index >= 15 is 0 Å². The summed E-state index contributed by atoms with van der Waals surface area (Å²) in [5.41, 5.74) is 6.79. The zero-order chi connectivity index (χ0) is 21.2. The van der Waals surface area contributed by atoms with Crippen LogP contribution in [0.3, 0.4) is 0 Å². The number of hydrogen-bond donors (Lipinski definition) is 3. The maximum absolute atomic E-state index is 12.2. The van der Waals surface area contributed by atoms with Crippen molar-refractivity contribution in [3.05, 3.63) is 84.4 Å². The van der Waals surface area contributed by atoms with Crippen LogP contribution in [0.15, 0.2) is 78.9 Å². The van der Waals surface area contributed by atoms with Crippen LogP contribution in [0.5, 0.6) is 11.5 Å². The lowest BCUT2D eigenvalue weighted by Crippen LogP contribution is -2.23. The molecular weight excluding hydrogens is 382 g/mol.